The van der Waals surface area contributed by atoms with Crippen molar-refractivity contribution in [3.8, 4) is 0 Å². The maximum atomic E-state index is 13.9. The summed E-state index contributed by atoms with van der Waals surface area (Å²) in [4.78, 5) is 16.8. The Bertz CT molecular complexity index is 968. The van der Waals surface area contributed by atoms with Crippen molar-refractivity contribution in [2.75, 3.05) is 6.61 Å². The molecule has 204 valence electrons. The van der Waals surface area contributed by atoms with Gasteiger partial charge in [0.1, 0.15) is 12.2 Å². The molecule has 10 heteroatoms. The Kier molecular flexibility index (Phi) is 11.2. The minimum Gasteiger partial charge on any atom is -0.390 e. The molecule has 9 nitrogen and oxygen atoms in total. The number of aliphatic hydroxyl groups excluding tert-OH is 3. The molecule has 0 bridgehead atoms. The summed E-state index contributed by atoms with van der Waals surface area (Å²) in [5, 5.41) is 43.9. The summed E-state index contributed by atoms with van der Waals surface area (Å²) in [6.07, 6.45) is 1.26. The number of nitrogens with one attached hydrogen (secondary N) is 1. The molecule has 2 aliphatic rings. The van der Waals surface area contributed by atoms with Crippen LogP contribution in [0.1, 0.15) is 69.9 Å². The summed E-state index contributed by atoms with van der Waals surface area (Å²) in [5.41, 5.74) is 4.14. The molecule has 0 spiro atoms. The number of nitrogens with zero attached hydrogens (tertiary/aromatic N) is 3. The van der Waals surface area contributed by atoms with E-state index in [1.807, 2.05) is 24.3 Å². The van der Waals surface area contributed by atoms with Crippen LogP contribution in [0.15, 0.2) is 39.6 Å². The first-order chi connectivity index (χ1) is 17.8. The van der Waals surface area contributed by atoms with E-state index in [4.69, 9.17) is 4.84 Å². The third-order valence-corrected chi connectivity index (χ3v) is 7.17. The van der Waals surface area contributed by atoms with Gasteiger partial charge in [0.05, 0.1) is 18.0 Å². The van der Waals surface area contributed by atoms with Crippen LogP contribution in [-0.4, -0.2) is 70.0 Å². The van der Waals surface area contributed by atoms with Crippen LogP contribution in [0.3, 0.4) is 0 Å². The van der Waals surface area contributed by atoms with Gasteiger partial charge in [0.2, 0.25) is 0 Å². The van der Waals surface area contributed by atoms with Gasteiger partial charge in [-0.2, -0.15) is 10.2 Å². The van der Waals surface area contributed by atoms with Gasteiger partial charge >= 0.3 is 0 Å². The van der Waals surface area contributed by atoms with E-state index in [2.05, 4.69) is 27.6 Å². The van der Waals surface area contributed by atoms with Gasteiger partial charge in [0.15, 0.2) is 12.8 Å². The number of carbonyl (C=O) groups excluding carboxylic acids is 1. The highest BCUT2D eigenvalue weighted by atomic mass is 18.2. The molecule has 4 N–H and O–H groups in total. The third-order valence-electron chi connectivity index (χ3n) is 7.17. The molecule has 1 fully saturated rings. The van der Waals surface area contributed by atoms with Crippen molar-refractivity contribution in [1.82, 2.24) is 5.32 Å². The lowest BCUT2D eigenvalue weighted by molar-refractivity contribution is -0.125. The molecular formula is C27H39FN4O5. The van der Waals surface area contributed by atoms with Gasteiger partial charge < -0.3 is 25.5 Å². The highest BCUT2D eigenvalue weighted by molar-refractivity contribution is 6.06. The van der Waals surface area contributed by atoms with Gasteiger partial charge in [-0.3, -0.25) is 4.79 Å². The predicted octanol–water partition coefficient (Wildman–Crippen LogP) is 2.90. The second kappa shape index (κ2) is 14.3. The number of hydrogen-bond donors (Lipinski definition) is 4. The number of alkyl halides is 1. The minimum absolute atomic E-state index is 0.158. The SMILES string of the molecule is CC[C@@H](O)[C@@H](O)[C@H](O)[C@@H]([18F])/C=N/OCC(=O)NCc1ccc(C2=NN=C(C)C3CCCCCCC23)cc1. The summed E-state index contributed by atoms with van der Waals surface area (Å²) in [6.45, 7) is 3.53. The van der Waals surface area contributed by atoms with Crippen molar-refractivity contribution in [2.24, 2.45) is 27.2 Å². The summed E-state index contributed by atoms with van der Waals surface area (Å²) in [7, 11) is 0. The van der Waals surface area contributed by atoms with E-state index in [0.717, 1.165) is 35.4 Å². The fourth-order valence-electron chi connectivity index (χ4n) is 4.85. The number of oxime groups is 1. The molecule has 1 saturated carbocycles. The molecule has 0 saturated heterocycles. The quantitative estimate of drug-likeness (QED) is 0.264. The van der Waals surface area contributed by atoms with Crippen LogP contribution in [0, 0.1) is 11.8 Å². The number of hydrogen-bond acceptors (Lipinski definition) is 8. The zero-order valence-electron chi connectivity index (χ0n) is 21.6. The van der Waals surface area contributed by atoms with E-state index >= 15 is 0 Å². The van der Waals surface area contributed by atoms with Crippen molar-refractivity contribution in [2.45, 2.75) is 89.8 Å². The van der Waals surface area contributed by atoms with E-state index in [9.17, 15) is 24.5 Å². The molecule has 3 rings (SSSR count). The lowest BCUT2D eigenvalue weighted by Gasteiger charge is -2.32. The summed E-state index contributed by atoms with van der Waals surface area (Å²) in [6, 6.07) is 7.93. The number of rotatable bonds is 11. The lowest BCUT2D eigenvalue weighted by Crippen LogP contribution is -2.43. The molecule has 0 aromatic heterocycles. The smallest absolute Gasteiger partial charge is 0.261 e. The van der Waals surface area contributed by atoms with Gasteiger partial charge in [-0.25, -0.2) is 4.39 Å². The highest BCUT2D eigenvalue weighted by Gasteiger charge is 2.32. The van der Waals surface area contributed by atoms with Crippen molar-refractivity contribution < 1.29 is 29.3 Å². The van der Waals surface area contributed by atoms with Crippen LogP contribution in [0.25, 0.3) is 0 Å². The standard InChI is InChI=1S/C27H39FN4O5/c1-3-23(33)27(36)26(35)22(28)15-30-37-16-24(34)29-14-18-10-12-19(13-11-18)25-21-9-7-5-4-6-8-20(21)17(2)31-32-25/h10-13,15,20-23,26-27,33,35-36H,3-9,14,16H2,1-2H3,(H,29,34)/b30-15+/t20?,21?,22-,23+,26+,27+/m0/s1/i28-1. The van der Waals surface area contributed by atoms with E-state index < -0.39 is 37.0 Å². The Morgan fingerprint density at radius 1 is 1.11 bits per heavy atom. The minimum atomic E-state index is -2.06. The molecule has 1 aliphatic heterocycles. The first-order valence-electron chi connectivity index (χ1n) is 13.1. The molecule has 1 heterocycles. The van der Waals surface area contributed by atoms with Gasteiger partial charge in [0, 0.05) is 24.1 Å². The maximum absolute atomic E-state index is 13.9. The normalized spacial score (nSPS) is 23.5. The molecular weight excluding hydrogens is 478 g/mol. The fraction of sp³-hybridized carbons (Fsp3) is 0.630. The second-order valence-electron chi connectivity index (χ2n) is 9.83. The lowest BCUT2D eigenvalue weighted by atomic mass is 9.74. The number of aliphatic hydroxyl groups is 3. The average molecular weight is 518 g/mol. The van der Waals surface area contributed by atoms with Crippen molar-refractivity contribution in [1.29, 1.82) is 0 Å². The van der Waals surface area contributed by atoms with Gasteiger partial charge in [0.25, 0.3) is 5.91 Å². The van der Waals surface area contributed by atoms with Crippen LogP contribution in [-0.2, 0) is 16.2 Å². The number of halogens is 1. The van der Waals surface area contributed by atoms with Crippen LogP contribution in [0.5, 0.6) is 0 Å². The van der Waals surface area contributed by atoms with E-state index in [1.165, 1.54) is 25.7 Å². The van der Waals surface area contributed by atoms with Gasteiger partial charge in [-0.1, -0.05) is 62.0 Å². The molecule has 1 aliphatic carbocycles. The number of amides is 1. The Morgan fingerprint density at radius 3 is 2.46 bits per heavy atom. The predicted molar refractivity (Wildman–Crippen MR) is 140 cm³/mol. The molecule has 2 unspecified atom stereocenters. The molecule has 1 amide bonds. The van der Waals surface area contributed by atoms with E-state index in [-0.39, 0.29) is 13.0 Å². The Hall–Kier alpha value is -2.69. The number of carbonyl (C=O) groups is 1. The second-order valence-corrected chi connectivity index (χ2v) is 9.83. The third kappa shape index (κ3) is 8.15. The van der Waals surface area contributed by atoms with Gasteiger partial charge in [-0.15, -0.1) is 0 Å². The molecule has 37 heavy (non-hydrogen) atoms. The van der Waals surface area contributed by atoms with Crippen LogP contribution < -0.4 is 5.32 Å². The Morgan fingerprint density at radius 2 is 1.78 bits per heavy atom. The maximum Gasteiger partial charge on any atom is 0.261 e. The first-order valence-corrected chi connectivity index (χ1v) is 13.1. The zero-order chi connectivity index (χ0) is 26.8. The topological polar surface area (TPSA) is 136 Å². The molecule has 6 atom stereocenters. The molecule has 1 aromatic carbocycles. The van der Waals surface area contributed by atoms with Gasteiger partial charge in [-0.05, 0) is 37.3 Å². The summed E-state index contributed by atoms with van der Waals surface area (Å²) < 4.78 is 13.9. The van der Waals surface area contributed by atoms with Crippen LogP contribution in [0.4, 0.5) is 4.39 Å². The van der Waals surface area contributed by atoms with Crippen molar-refractivity contribution >= 4 is 23.5 Å². The Balaban J connectivity index is 1.46. The molecule has 0 radical (unpaired) electrons. The summed E-state index contributed by atoms with van der Waals surface area (Å²) >= 11 is 0. The van der Waals surface area contributed by atoms with Crippen molar-refractivity contribution in [3.05, 3.63) is 35.4 Å². The first kappa shape index (κ1) is 28.9. The van der Waals surface area contributed by atoms with Crippen molar-refractivity contribution in [3.63, 3.8) is 0 Å². The number of fused-ring (bicyclic) bond motifs is 1. The largest absolute Gasteiger partial charge is 0.390 e. The van der Waals surface area contributed by atoms with Crippen LogP contribution in [0.2, 0.25) is 0 Å². The average Bonchev–Trinajstić information content (AvgIpc) is 2.89. The summed E-state index contributed by atoms with van der Waals surface area (Å²) in [5.74, 6) is 0.405. The van der Waals surface area contributed by atoms with E-state index in [1.54, 1.807) is 6.92 Å². The monoisotopic (exact) mass is 517 g/mol. The molecule has 1 aromatic rings. The fourth-order valence-corrected chi connectivity index (χ4v) is 4.85. The Labute approximate surface area is 217 Å². The highest BCUT2D eigenvalue weighted by Crippen LogP contribution is 2.34. The number of benzene rings is 1. The zero-order valence-corrected chi connectivity index (χ0v) is 21.6. The van der Waals surface area contributed by atoms with E-state index in [0.29, 0.717) is 18.1 Å². The van der Waals surface area contributed by atoms with Crippen LogP contribution >= 0.6 is 0 Å².